The average Bonchev–Trinajstić information content (AvgIpc) is 2.95. The van der Waals surface area contributed by atoms with Gasteiger partial charge in [0.15, 0.2) is 0 Å². The summed E-state index contributed by atoms with van der Waals surface area (Å²) in [5.74, 6) is 0.366. The van der Waals surface area contributed by atoms with Crippen molar-refractivity contribution in [2.45, 2.75) is 18.2 Å². The number of sulfonamides is 1. The molecular weight excluding hydrogens is 298 g/mol. The molecule has 1 aromatic heterocycles. The first-order chi connectivity index (χ1) is 9.92. The molecule has 0 atom stereocenters. The summed E-state index contributed by atoms with van der Waals surface area (Å²) in [6, 6.07) is 8.38. The van der Waals surface area contributed by atoms with Gasteiger partial charge in [-0.3, -0.25) is 10.1 Å². The largest absolute Gasteiger partial charge is 0.447 e. The highest BCUT2D eigenvalue weighted by Gasteiger charge is 2.18. The Kier molecular flexibility index (Phi) is 4.36. The molecule has 0 aliphatic carbocycles. The Morgan fingerprint density at radius 2 is 1.86 bits per heavy atom. The van der Waals surface area contributed by atoms with Crippen LogP contribution in [0.1, 0.15) is 11.3 Å². The molecule has 0 bridgehead atoms. The normalized spacial score (nSPS) is 11.5. The van der Waals surface area contributed by atoms with E-state index in [2.05, 4.69) is 4.72 Å². The SMILES string of the molecule is NCc1ccc(S(=O)(=O)NCc2ccc([N+](=O)[O-])cc2)o1. The van der Waals surface area contributed by atoms with Gasteiger partial charge in [0.1, 0.15) is 5.76 Å². The first-order valence-electron chi connectivity index (χ1n) is 5.94. The van der Waals surface area contributed by atoms with E-state index in [1.807, 2.05) is 0 Å². The van der Waals surface area contributed by atoms with Crippen molar-refractivity contribution in [1.29, 1.82) is 0 Å². The molecule has 0 radical (unpaired) electrons. The number of non-ortho nitro benzene ring substituents is 1. The molecule has 0 aliphatic rings. The van der Waals surface area contributed by atoms with Crippen molar-refractivity contribution >= 4 is 15.7 Å². The number of nitrogens with one attached hydrogen (secondary N) is 1. The van der Waals surface area contributed by atoms with Crippen LogP contribution in [0, 0.1) is 10.1 Å². The molecular formula is C12H13N3O5S. The third kappa shape index (κ3) is 3.66. The zero-order chi connectivity index (χ0) is 15.5. The maximum Gasteiger partial charge on any atom is 0.274 e. The third-order valence-corrected chi connectivity index (χ3v) is 3.99. The van der Waals surface area contributed by atoms with Crippen LogP contribution in [0.5, 0.6) is 0 Å². The number of nitrogens with two attached hydrogens (primary N) is 1. The molecule has 2 rings (SSSR count). The van der Waals surface area contributed by atoms with E-state index in [4.69, 9.17) is 10.2 Å². The predicted molar refractivity (Wildman–Crippen MR) is 73.7 cm³/mol. The first-order valence-corrected chi connectivity index (χ1v) is 7.42. The summed E-state index contributed by atoms with van der Waals surface area (Å²) < 4.78 is 31.3. The molecule has 0 amide bonds. The fraction of sp³-hybridized carbons (Fsp3) is 0.167. The molecule has 2 aromatic rings. The smallest absolute Gasteiger partial charge is 0.274 e. The van der Waals surface area contributed by atoms with Crippen LogP contribution in [-0.2, 0) is 23.1 Å². The van der Waals surface area contributed by atoms with Gasteiger partial charge in [0, 0.05) is 18.7 Å². The molecule has 112 valence electrons. The Hall–Kier alpha value is -2.23. The van der Waals surface area contributed by atoms with Crippen molar-refractivity contribution in [1.82, 2.24) is 4.72 Å². The zero-order valence-electron chi connectivity index (χ0n) is 10.9. The Labute approximate surface area is 120 Å². The highest BCUT2D eigenvalue weighted by Crippen LogP contribution is 2.15. The molecule has 0 unspecified atom stereocenters. The summed E-state index contributed by atoms with van der Waals surface area (Å²) >= 11 is 0. The van der Waals surface area contributed by atoms with Gasteiger partial charge in [0.25, 0.3) is 15.7 Å². The Morgan fingerprint density at radius 1 is 1.19 bits per heavy atom. The molecule has 9 heteroatoms. The lowest BCUT2D eigenvalue weighted by Crippen LogP contribution is -2.22. The Bertz CT molecular complexity index is 737. The van der Waals surface area contributed by atoms with E-state index in [0.29, 0.717) is 11.3 Å². The third-order valence-electron chi connectivity index (χ3n) is 2.72. The van der Waals surface area contributed by atoms with Gasteiger partial charge in [-0.2, -0.15) is 0 Å². The second-order valence-corrected chi connectivity index (χ2v) is 5.87. The Morgan fingerprint density at radius 3 is 2.38 bits per heavy atom. The molecule has 3 N–H and O–H groups in total. The highest BCUT2D eigenvalue weighted by molar-refractivity contribution is 7.89. The van der Waals surface area contributed by atoms with E-state index >= 15 is 0 Å². The minimum absolute atomic E-state index is 0.00101. The van der Waals surface area contributed by atoms with Gasteiger partial charge >= 0.3 is 0 Å². The fourth-order valence-corrected chi connectivity index (χ4v) is 2.56. The van der Waals surface area contributed by atoms with Gasteiger partial charge in [0.2, 0.25) is 5.09 Å². The minimum Gasteiger partial charge on any atom is -0.447 e. The number of nitrogens with zero attached hydrogens (tertiary/aromatic N) is 1. The van der Waals surface area contributed by atoms with Crippen LogP contribution in [0.4, 0.5) is 5.69 Å². The number of nitro benzene ring substituents is 1. The highest BCUT2D eigenvalue weighted by atomic mass is 32.2. The van der Waals surface area contributed by atoms with E-state index in [9.17, 15) is 18.5 Å². The second-order valence-electron chi connectivity index (χ2n) is 4.17. The van der Waals surface area contributed by atoms with Gasteiger partial charge in [-0.1, -0.05) is 12.1 Å². The lowest BCUT2D eigenvalue weighted by Gasteiger charge is -2.04. The van der Waals surface area contributed by atoms with Crippen LogP contribution in [-0.4, -0.2) is 13.3 Å². The average molecular weight is 311 g/mol. The lowest BCUT2D eigenvalue weighted by molar-refractivity contribution is -0.384. The van der Waals surface area contributed by atoms with Crippen LogP contribution in [0.15, 0.2) is 45.9 Å². The van der Waals surface area contributed by atoms with Crippen LogP contribution in [0.2, 0.25) is 0 Å². The maximum absolute atomic E-state index is 12.0. The van der Waals surface area contributed by atoms with E-state index in [1.54, 1.807) is 0 Å². The van der Waals surface area contributed by atoms with E-state index in [0.717, 1.165) is 0 Å². The van der Waals surface area contributed by atoms with Crippen LogP contribution < -0.4 is 10.5 Å². The van der Waals surface area contributed by atoms with Crippen molar-refractivity contribution in [3.63, 3.8) is 0 Å². The van der Waals surface area contributed by atoms with Crippen molar-refractivity contribution in [2.75, 3.05) is 0 Å². The summed E-state index contributed by atoms with van der Waals surface area (Å²) in [5, 5.41) is 10.3. The van der Waals surface area contributed by atoms with Gasteiger partial charge in [-0.05, 0) is 17.7 Å². The van der Waals surface area contributed by atoms with Gasteiger partial charge in [-0.15, -0.1) is 0 Å². The van der Waals surface area contributed by atoms with E-state index in [-0.39, 0.29) is 23.9 Å². The monoisotopic (exact) mass is 311 g/mol. The number of rotatable bonds is 6. The number of benzene rings is 1. The van der Waals surface area contributed by atoms with E-state index < -0.39 is 14.9 Å². The number of hydrogen-bond acceptors (Lipinski definition) is 6. The van der Waals surface area contributed by atoms with Gasteiger partial charge < -0.3 is 10.2 Å². The van der Waals surface area contributed by atoms with E-state index in [1.165, 1.54) is 36.4 Å². The maximum atomic E-state index is 12.0. The number of hydrogen-bond donors (Lipinski definition) is 2. The number of nitro groups is 1. The molecule has 0 spiro atoms. The second kappa shape index (κ2) is 6.04. The summed E-state index contributed by atoms with van der Waals surface area (Å²) in [4.78, 5) is 9.99. The summed E-state index contributed by atoms with van der Waals surface area (Å²) in [6.45, 7) is 0.108. The topological polar surface area (TPSA) is 128 Å². The van der Waals surface area contributed by atoms with Crippen LogP contribution in [0.3, 0.4) is 0 Å². The van der Waals surface area contributed by atoms with Crippen LogP contribution >= 0.6 is 0 Å². The molecule has 0 saturated heterocycles. The lowest BCUT2D eigenvalue weighted by atomic mass is 10.2. The molecule has 8 nitrogen and oxygen atoms in total. The predicted octanol–water partition coefficient (Wildman–Crippen LogP) is 1.13. The fourth-order valence-electron chi connectivity index (χ4n) is 1.60. The van der Waals surface area contributed by atoms with Gasteiger partial charge in [-0.25, -0.2) is 13.1 Å². The Balaban J connectivity index is 2.06. The molecule has 0 aliphatic heterocycles. The first kappa shape index (κ1) is 15.2. The van der Waals surface area contributed by atoms with Crippen LogP contribution in [0.25, 0.3) is 0 Å². The zero-order valence-corrected chi connectivity index (χ0v) is 11.7. The molecule has 0 fully saturated rings. The van der Waals surface area contributed by atoms with Gasteiger partial charge in [0.05, 0.1) is 11.5 Å². The van der Waals surface area contributed by atoms with Crippen molar-refractivity contribution in [2.24, 2.45) is 5.73 Å². The molecule has 1 aromatic carbocycles. The standard InChI is InChI=1S/C12H13N3O5S/c13-7-11-5-6-12(20-11)21(18,19)14-8-9-1-3-10(4-2-9)15(16)17/h1-6,14H,7-8,13H2. The summed E-state index contributed by atoms with van der Waals surface area (Å²) in [7, 11) is -3.78. The summed E-state index contributed by atoms with van der Waals surface area (Å²) in [6.07, 6.45) is 0. The number of furan rings is 1. The summed E-state index contributed by atoms with van der Waals surface area (Å²) in [5.41, 5.74) is 5.88. The quantitative estimate of drug-likeness (QED) is 0.607. The van der Waals surface area contributed by atoms with Crippen molar-refractivity contribution in [3.05, 3.63) is 57.8 Å². The minimum atomic E-state index is -3.78. The molecule has 0 saturated carbocycles. The molecule has 1 heterocycles. The molecule has 21 heavy (non-hydrogen) atoms. The van der Waals surface area contributed by atoms with Crippen molar-refractivity contribution in [3.8, 4) is 0 Å². The van der Waals surface area contributed by atoms with Crippen molar-refractivity contribution < 1.29 is 17.8 Å².